The van der Waals surface area contributed by atoms with Crippen LogP contribution in [0.15, 0.2) is 23.0 Å². The van der Waals surface area contributed by atoms with Crippen LogP contribution in [0, 0.1) is 11.8 Å². The van der Waals surface area contributed by atoms with Crippen molar-refractivity contribution in [1.82, 2.24) is 9.47 Å². The minimum Gasteiger partial charge on any atom is -0.347 e. The van der Waals surface area contributed by atoms with E-state index >= 15 is 0 Å². The number of hydrogen-bond donors (Lipinski definition) is 1. The van der Waals surface area contributed by atoms with Gasteiger partial charge in [-0.05, 0) is 24.3 Å². The SMILES string of the molecule is CC(C)C[C@@H]([NH3+])C(=O)N1C[C@@H]2C[C@H](C1)c1cccc(=O)n1C2. The first-order valence-electron chi connectivity index (χ1n) is 8.27. The van der Waals surface area contributed by atoms with Crippen LogP contribution in [-0.2, 0) is 11.3 Å². The fourth-order valence-corrected chi connectivity index (χ4v) is 4.00. The predicted octanol–water partition coefficient (Wildman–Crippen LogP) is 0.451. The fourth-order valence-electron chi connectivity index (χ4n) is 4.00. The van der Waals surface area contributed by atoms with Crippen molar-refractivity contribution >= 4 is 5.91 Å². The summed E-state index contributed by atoms with van der Waals surface area (Å²) in [4.78, 5) is 26.6. The molecule has 1 aromatic rings. The monoisotopic (exact) mass is 304 g/mol. The Morgan fingerprint density at radius 2 is 2.09 bits per heavy atom. The van der Waals surface area contributed by atoms with Crippen molar-refractivity contribution in [2.45, 2.75) is 45.2 Å². The van der Waals surface area contributed by atoms with Gasteiger partial charge in [-0.2, -0.15) is 0 Å². The van der Waals surface area contributed by atoms with Crippen LogP contribution in [0.25, 0.3) is 0 Å². The Morgan fingerprint density at radius 3 is 2.82 bits per heavy atom. The number of aromatic nitrogens is 1. The van der Waals surface area contributed by atoms with E-state index in [2.05, 4.69) is 19.6 Å². The molecule has 1 amide bonds. The molecule has 2 aliphatic rings. The Bertz CT molecular complexity index is 623. The average molecular weight is 304 g/mol. The molecule has 3 heterocycles. The second-order valence-corrected chi connectivity index (χ2v) is 7.27. The van der Waals surface area contributed by atoms with E-state index in [0.717, 1.165) is 38.2 Å². The Labute approximate surface area is 131 Å². The van der Waals surface area contributed by atoms with E-state index < -0.39 is 0 Å². The summed E-state index contributed by atoms with van der Waals surface area (Å²) in [7, 11) is 0. The van der Waals surface area contributed by atoms with E-state index in [1.54, 1.807) is 6.07 Å². The van der Waals surface area contributed by atoms with Crippen molar-refractivity contribution in [1.29, 1.82) is 0 Å². The van der Waals surface area contributed by atoms with Crippen molar-refractivity contribution in [2.24, 2.45) is 11.8 Å². The second kappa shape index (κ2) is 5.88. The average Bonchev–Trinajstić information content (AvgIpc) is 2.46. The zero-order chi connectivity index (χ0) is 15.9. The second-order valence-electron chi connectivity index (χ2n) is 7.27. The number of rotatable bonds is 3. The lowest BCUT2D eigenvalue weighted by molar-refractivity contribution is -0.408. The molecule has 1 saturated heterocycles. The highest BCUT2D eigenvalue weighted by Gasteiger charge is 2.38. The molecule has 3 N–H and O–H groups in total. The standard InChI is InChI=1S/C17H25N3O2/c1-11(2)6-14(18)17(22)19-8-12-7-13(10-19)15-4-3-5-16(21)20(15)9-12/h3-5,11-14H,6-10,18H2,1-2H3/p+1/t12-,13+,14+/m0/s1. The third-order valence-electron chi connectivity index (χ3n) is 4.90. The van der Waals surface area contributed by atoms with Gasteiger partial charge in [0.2, 0.25) is 0 Å². The van der Waals surface area contributed by atoms with Crippen LogP contribution in [0.5, 0.6) is 0 Å². The maximum absolute atomic E-state index is 12.6. The summed E-state index contributed by atoms with van der Waals surface area (Å²) in [5.41, 5.74) is 5.23. The maximum Gasteiger partial charge on any atom is 0.280 e. The first-order chi connectivity index (χ1) is 10.5. The number of carbonyl (C=O) groups is 1. The number of amides is 1. The molecule has 3 rings (SSSR count). The minimum atomic E-state index is -0.156. The lowest BCUT2D eigenvalue weighted by Gasteiger charge is -2.43. The summed E-state index contributed by atoms with van der Waals surface area (Å²) < 4.78 is 1.90. The smallest absolute Gasteiger partial charge is 0.280 e. The summed E-state index contributed by atoms with van der Waals surface area (Å²) in [6.07, 6.45) is 1.92. The molecule has 0 unspecified atom stereocenters. The van der Waals surface area contributed by atoms with Crippen molar-refractivity contribution in [3.8, 4) is 0 Å². The molecular weight excluding hydrogens is 278 g/mol. The predicted molar refractivity (Wildman–Crippen MR) is 84.3 cm³/mol. The van der Waals surface area contributed by atoms with Crippen molar-refractivity contribution in [3.05, 3.63) is 34.2 Å². The highest BCUT2D eigenvalue weighted by molar-refractivity contribution is 5.80. The molecule has 2 aliphatic heterocycles. The number of piperidine rings is 1. The number of likely N-dealkylation sites (tertiary alicyclic amines) is 1. The van der Waals surface area contributed by atoms with Gasteiger partial charge in [0.1, 0.15) is 0 Å². The third kappa shape index (κ3) is 2.82. The van der Waals surface area contributed by atoms with Crippen molar-refractivity contribution in [2.75, 3.05) is 13.1 Å². The summed E-state index contributed by atoms with van der Waals surface area (Å²) in [6, 6.07) is 5.34. The van der Waals surface area contributed by atoms with E-state index in [1.165, 1.54) is 0 Å². The van der Waals surface area contributed by atoms with Crippen LogP contribution in [0.2, 0.25) is 0 Å². The molecule has 2 bridgehead atoms. The van der Waals surface area contributed by atoms with Gasteiger partial charge < -0.3 is 15.2 Å². The van der Waals surface area contributed by atoms with E-state index in [0.29, 0.717) is 11.8 Å². The molecular formula is C17H26N3O2+. The van der Waals surface area contributed by atoms with Crippen molar-refractivity contribution in [3.63, 3.8) is 0 Å². The Kier molecular flexibility index (Phi) is 4.08. The van der Waals surface area contributed by atoms with Gasteiger partial charge >= 0.3 is 0 Å². The molecule has 1 aromatic heterocycles. The quantitative estimate of drug-likeness (QED) is 0.881. The van der Waals surface area contributed by atoms with Gasteiger partial charge in [-0.15, -0.1) is 0 Å². The molecule has 1 fully saturated rings. The fraction of sp³-hybridized carbons (Fsp3) is 0.647. The molecule has 5 nitrogen and oxygen atoms in total. The first-order valence-corrected chi connectivity index (χ1v) is 8.27. The molecule has 3 atom stereocenters. The molecule has 120 valence electrons. The lowest BCUT2D eigenvalue weighted by atomic mass is 9.83. The van der Waals surface area contributed by atoms with Gasteiger partial charge in [0.25, 0.3) is 11.5 Å². The molecule has 0 saturated carbocycles. The van der Waals surface area contributed by atoms with Gasteiger partial charge in [0, 0.05) is 43.7 Å². The molecule has 0 radical (unpaired) electrons. The highest BCUT2D eigenvalue weighted by Crippen LogP contribution is 2.35. The zero-order valence-electron chi connectivity index (χ0n) is 13.5. The van der Waals surface area contributed by atoms with Gasteiger partial charge in [-0.1, -0.05) is 19.9 Å². The molecule has 0 spiro atoms. The van der Waals surface area contributed by atoms with E-state index in [-0.39, 0.29) is 23.4 Å². The summed E-state index contributed by atoms with van der Waals surface area (Å²) in [5, 5.41) is 0. The third-order valence-corrected chi connectivity index (χ3v) is 4.90. The Balaban J connectivity index is 1.79. The molecule has 0 aliphatic carbocycles. The van der Waals surface area contributed by atoms with Crippen LogP contribution in [-0.4, -0.2) is 34.5 Å². The topological polar surface area (TPSA) is 70.0 Å². The van der Waals surface area contributed by atoms with Crippen LogP contribution >= 0.6 is 0 Å². The number of hydrogen-bond acceptors (Lipinski definition) is 2. The van der Waals surface area contributed by atoms with Crippen LogP contribution in [0.1, 0.15) is 38.3 Å². The number of carbonyl (C=O) groups excluding carboxylic acids is 1. The van der Waals surface area contributed by atoms with Gasteiger partial charge in [-0.3, -0.25) is 9.59 Å². The molecule has 5 heteroatoms. The van der Waals surface area contributed by atoms with Gasteiger partial charge in [0.05, 0.1) is 0 Å². The first kappa shape index (κ1) is 15.3. The summed E-state index contributed by atoms with van der Waals surface area (Å²) in [6.45, 7) is 6.47. The number of quaternary nitrogens is 1. The number of fused-ring (bicyclic) bond motifs is 4. The number of nitrogens with zero attached hydrogens (tertiary/aromatic N) is 2. The van der Waals surface area contributed by atoms with E-state index in [9.17, 15) is 9.59 Å². The molecule has 0 aromatic carbocycles. The maximum atomic E-state index is 12.6. The largest absolute Gasteiger partial charge is 0.347 e. The van der Waals surface area contributed by atoms with Crippen LogP contribution in [0.3, 0.4) is 0 Å². The van der Waals surface area contributed by atoms with Gasteiger partial charge in [-0.25, -0.2) is 0 Å². The lowest BCUT2D eigenvalue weighted by Crippen LogP contribution is -2.69. The Morgan fingerprint density at radius 1 is 1.32 bits per heavy atom. The van der Waals surface area contributed by atoms with Crippen molar-refractivity contribution < 1.29 is 10.5 Å². The number of pyridine rings is 1. The van der Waals surface area contributed by atoms with Crippen LogP contribution < -0.4 is 11.3 Å². The summed E-state index contributed by atoms with van der Waals surface area (Å²) in [5.74, 6) is 1.34. The van der Waals surface area contributed by atoms with Crippen LogP contribution in [0.4, 0.5) is 0 Å². The zero-order valence-corrected chi connectivity index (χ0v) is 13.5. The Hall–Kier alpha value is -1.62. The van der Waals surface area contributed by atoms with Gasteiger partial charge in [0.15, 0.2) is 6.04 Å². The van der Waals surface area contributed by atoms with E-state index in [1.807, 2.05) is 21.6 Å². The van der Waals surface area contributed by atoms with E-state index in [4.69, 9.17) is 0 Å². The minimum absolute atomic E-state index is 0.0850. The highest BCUT2D eigenvalue weighted by atomic mass is 16.2. The molecule has 22 heavy (non-hydrogen) atoms. The summed E-state index contributed by atoms with van der Waals surface area (Å²) >= 11 is 0. The normalized spacial score (nSPS) is 25.0.